The van der Waals surface area contributed by atoms with Gasteiger partial charge in [0.2, 0.25) is 0 Å². The lowest BCUT2D eigenvalue weighted by atomic mass is 10.2. The van der Waals surface area contributed by atoms with Crippen molar-refractivity contribution in [2.75, 3.05) is 0 Å². The van der Waals surface area contributed by atoms with Crippen LogP contribution in [0.5, 0.6) is 0 Å². The van der Waals surface area contributed by atoms with Crippen LogP contribution in [0.25, 0.3) is 0 Å². The Morgan fingerprint density at radius 3 is 3.08 bits per heavy atom. The van der Waals surface area contributed by atoms with E-state index < -0.39 is 0 Å². The standard InChI is InChI=1S/C10H17N3/c1-3-4-5-6-13-8-10(7-12-13)9(2)11/h3,7-9H,1,4-6,11H2,2H3/t9-/m0/s1. The van der Waals surface area contributed by atoms with Crippen LogP contribution in [-0.2, 0) is 6.54 Å². The van der Waals surface area contributed by atoms with E-state index >= 15 is 0 Å². The molecule has 1 heterocycles. The molecule has 1 atom stereocenters. The van der Waals surface area contributed by atoms with Gasteiger partial charge in [-0.3, -0.25) is 4.68 Å². The van der Waals surface area contributed by atoms with Crippen molar-refractivity contribution in [2.24, 2.45) is 5.73 Å². The fourth-order valence-corrected chi connectivity index (χ4v) is 1.13. The van der Waals surface area contributed by atoms with E-state index in [1.165, 1.54) is 0 Å². The van der Waals surface area contributed by atoms with E-state index in [2.05, 4.69) is 11.7 Å². The lowest BCUT2D eigenvalue weighted by Crippen LogP contribution is -2.03. The second-order valence-corrected chi connectivity index (χ2v) is 3.26. The molecule has 1 aromatic rings. The van der Waals surface area contributed by atoms with Gasteiger partial charge in [-0.1, -0.05) is 6.08 Å². The minimum absolute atomic E-state index is 0.0770. The first-order valence-electron chi connectivity index (χ1n) is 4.63. The number of rotatable bonds is 5. The number of aryl methyl sites for hydroxylation is 1. The summed E-state index contributed by atoms with van der Waals surface area (Å²) in [6, 6.07) is 0.0770. The zero-order chi connectivity index (χ0) is 9.68. The number of nitrogens with two attached hydrogens (primary N) is 1. The van der Waals surface area contributed by atoms with Gasteiger partial charge in [0, 0.05) is 24.3 Å². The van der Waals surface area contributed by atoms with Crippen molar-refractivity contribution in [3.8, 4) is 0 Å². The van der Waals surface area contributed by atoms with E-state index in [1.54, 1.807) is 0 Å². The third-order valence-electron chi connectivity index (χ3n) is 1.97. The Labute approximate surface area is 79.2 Å². The van der Waals surface area contributed by atoms with Gasteiger partial charge < -0.3 is 5.73 Å². The van der Waals surface area contributed by atoms with E-state index in [4.69, 9.17) is 5.73 Å². The number of hydrogen-bond acceptors (Lipinski definition) is 2. The quantitative estimate of drug-likeness (QED) is 0.554. The van der Waals surface area contributed by atoms with E-state index in [0.717, 1.165) is 24.9 Å². The van der Waals surface area contributed by atoms with Crippen LogP contribution in [0, 0.1) is 0 Å². The average Bonchev–Trinajstić information content (AvgIpc) is 2.53. The molecular formula is C10H17N3. The molecule has 1 aromatic heterocycles. The van der Waals surface area contributed by atoms with E-state index in [0.29, 0.717) is 0 Å². The van der Waals surface area contributed by atoms with Crippen molar-refractivity contribution in [3.63, 3.8) is 0 Å². The van der Waals surface area contributed by atoms with Crippen molar-refractivity contribution in [1.29, 1.82) is 0 Å². The van der Waals surface area contributed by atoms with Crippen molar-refractivity contribution < 1.29 is 0 Å². The molecule has 0 aliphatic carbocycles. The molecule has 0 unspecified atom stereocenters. The molecular weight excluding hydrogens is 162 g/mol. The lowest BCUT2D eigenvalue weighted by Gasteiger charge is -1.99. The molecule has 0 bridgehead atoms. The molecule has 0 spiro atoms. The number of hydrogen-bond donors (Lipinski definition) is 1. The fourth-order valence-electron chi connectivity index (χ4n) is 1.13. The Kier molecular flexibility index (Phi) is 3.71. The maximum absolute atomic E-state index is 5.71. The van der Waals surface area contributed by atoms with Gasteiger partial charge in [-0.15, -0.1) is 6.58 Å². The molecule has 2 N–H and O–H groups in total. The van der Waals surface area contributed by atoms with Crippen LogP contribution in [0.1, 0.15) is 31.4 Å². The van der Waals surface area contributed by atoms with Crippen LogP contribution in [-0.4, -0.2) is 9.78 Å². The zero-order valence-corrected chi connectivity index (χ0v) is 8.11. The van der Waals surface area contributed by atoms with Crippen LogP contribution >= 0.6 is 0 Å². The predicted octanol–water partition coefficient (Wildman–Crippen LogP) is 1.87. The smallest absolute Gasteiger partial charge is 0.0537 e. The molecule has 3 nitrogen and oxygen atoms in total. The van der Waals surface area contributed by atoms with Crippen LogP contribution in [0.4, 0.5) is 0 Å². The summed E-state index contributed by atoms with van der Waals surface area (Å²) < 4.78 is 1.93. The maximum atomic E-state index is 5.71. The van der Waals surface area contributed by atoms with Crippen LogP contribution in [0.15, 0.2) is 25.0 Å². The average molecular weight is 179 g/mol. The molecule has 0 radical (unpaired) electrons. The van der Waals surface area contributed by atoms with E-state index in [-0.39, 0.29) is 6.04 Å². The highest BCUT2D eigenvalue weighted by molar-refractivity contribution is 5.07. The molecule has 0 saturated carbocycles. The monoisotopic (exact) mass is 179 g/mol. The summed E-state index contributed by atoms with van der Waals surface area (Å²) in [5.74, 6) is 0. The van der Waals surface area contributed by atoms with E-state index in [9.17, 15) is 0 Å². The predicted molar refractivity (Wildman–Crippen MR) is 54.3 cm³/mol. The van der Waals surface area contributed by atoms with Gasteiger partial charge in [0.1, 0.15) is 0 Å². The molecule has 72 valence electrons. The van der Waals surface area contributed by atoms with Crippen LogP contribution < -0.4 is 5.73 Å². The maximum Gasteiger partial charge on any atom is 0.0537 e. The van der Waals surface area contributed by atoms with Gasteiger partial charge in [-0.25, -0.2) is 0 Å². The largest absolute Gasteiger partial charge is 0.324 e. The molecule has 1 rings (SSSR count). The number of nitrogens with zero attached hydrogens (tertiary/aromatic N) is 2. The van der Waals surface area contributed by atoms with Gasteiger partial charge in [0.15, 0.2) is 0 Å². The summed E-state index contributed by atoms with van der Waals surface area (Å²) in [7, 11) is 0. The summed E-state index contributed by atoms with van der Waals surface area (Å²) in [5, 5.41) is 4.21. The Morgan fingerprint density at radius 1 is 1.77 bits per heavy atom. The van der Waals surface area contributed by atoms with Crippen molar-refractivity contribution in [1.82, 2.24) is 9.78 Å². The first-order valence-corrected chi connectivity index (χ1v) is 4.63. The van der Waals surface area contributed by atoms with Gasteiger partial charge in [-0.2, -0.15) is 5.10 Å². The van der Waals surface area contributed by atoms with E-state index in [1.807, 2.05) is 30.1 Å². The molecule has 0 aliphatic heterocycles. The number of unbranched alkanes of at least 4 members (excludes halogenated alkanes) is 1. The molecule has 13 heavy (non-hydrogen) atoms. The third-order valence-corrected chi connectivity index (χ3v) is 1.97. The van der Waals surface area contributed by atoms with Gasteiger partial charge in [0.25, 0.3) is 0 Å². The highest BCUT2D eigenvalue weighted by atomic mass is 15.3. The SMILES string of the molecule is C=CCCCn1cc([C@H](C)N)cn1. The minimum atomic E-state index is 0.0770. The van der Waals surface area contributed by atoms with Crippen molar-refractivity contribution in [2.45, 2.75) is 32.4 Å². The molecule has 0 aromatic carbocycles. The highest BCUT2D eigenvalue weighted by Crippen LogP contribution is 2.07. The van der Waals surface area contributed by atoms with Gasteiger partial charge in [0.05, 0.1) is 6.20 Å². The second-order valence-electron chi connectivity index (χ2n) is 3.26. The summed E-state index contributed by atoms with van der Waals surface area (Å²) in [5.41, 5.74) is 6.81. The molecule has 0 fully saturated rings. The van der Waals surface area contributed by atoms with Gasteiger partial charge in [-0.05, 0) is 19.8 Å². The van der Waals surface area contributed by atoms with Crippen molar-refractivity contribution >= 4 is 0 Å². The number of allylic oxidation sites excluding steroid dienone is 1. The Morgan fingerprint density at radius 2 is 2.54 bits per heavy atom. The summed E-state index contributed by atoms with van der Waals surface area (Å²) in [4.78, 5) is 0. The Hall–Kier alpha value is -1.09. The van der Waals surface area contributed by atoms with Crippen molar-refractivity contribution in [3.05, 3.63) is 30.6 Å². The second kappa shape index (κ2) is 4.82. The summed E-state index contributed by atoms with van der Waals surface area (Å²) in [6.07, 6.45) is 7.89. The minimum Gasteiger partial charge on any atom is -0.324 e. The van der Waals surface area contributed by atoms with Crippen LogP contribution in [0.2, 0.25) is 0 Å². The molecule has 0 amide bonds. The Balaban J connectivity index is 2.44. The lowest BCUT2D eigenvalue weighted by molar-refractivity contribution is 0.583. The van der Waals surface area contributed by atoms with Gasteiger partial charge >= 0.3 is 0 Å². The third kappa shape index (κ3) is 3.03. The highest BCUT2D eigenvalue weighted by Gasteiger charge is 2.01. The normalized spacial score (nSPS) is 12.8. The Bertz CT molecular complexity index is 263. The first kappa shape index (κ1) is 9.99. The topological polar surface area (TPSA) is 43.8 Å². The fraction of sp³-hybridized carbons (Fsp3) is 0.500. The summed E-state index contributed by atoms with van der Waals surface area (Å²) >= 11 is 0. The number of aromatic nitrogens is 2. The summed E-state index contributed by atoms with van der Waals surface area (Å²) in [6.45, 7) is 6.58. The first-order chi connectivity index (χ1) is 6.24. The molecule has 3 heteroatoms. The molecule has 0 saturated heterocycles. The van der Waals surface area contributed by atoms with Crippen LogP contribution in [0.3, 0.4) is 0 Å². The molecule has 0 aliphatic rings. The zero-order valence-electron chi connectivity index (χ0n) is 8.11.